The molecule has 1 aliphatic rings. The van der Waals surface area contributed by atoms with Gasteiger partial charge in [0.2, 0.25) is 5.91 Å². The summed E-state index contributed by atoms with van der Waals surface area (Å²) in [6, 6.07) is 15.2. The molecule has 1 heterocycles. The minimum Gasteiger partial charge on any atom is -0.479 e. The largest absolute Gasteiger partial charge is 0.479 e. The van der Waals surface area contributed by atoms with E-state index < -0.39 is 12.1 Å². The summed E-state index contributed by atoms with van der Waals surface area (Å²) >= 11 is 0. The lowest BCUT2D eigenvalue weighted by Gasteiger charge is -2.33. The zero-order chi connectivity index (χ0) is 20.8. The third kappa shape index (κ3) is 5.13. The Labute approximate surface area is 169 Å². The number of nitrogens with one attached hydrogen (secondary N) is 1. The molecule has 0 saturated carbocycles. The first kappa shape index (κ1) is 20.4. The lowest BCUT2D eigenvalue weighted by Crippen LogP contribution is -2.45. The molecule has 0 fully saturated rings. The number of methoxy groups -OCH3 is 1. The zero-order valence-corrected chi connectivity index (χ0v) is 16.5. The highest BCUT2D eigenvalue weighted by Crippen LogP contribution is 2.36. The summed E-state index contributed by atoms with van der Waals surface area (Å²) in [4.78, 5) is 37.5. The Hall–Kier alpha value is -3.35. The second-order valence-corrected chi connectivity index (χ2v) is 6.79. The van der Waals surface area contributed by atoms with Gasteiger partial charge in [-0.1, -0.05) is 30.3 Å². The topological polar surface area (TPSA) is 84.9 Å². The first-order valence-corrected chi connectivity index (χ1v) is 9.50. The smallest absolute Gasteiger partial charge is 0.306 e. The number of amides is 2. The van der Waals surface area contributed by atoms with Crippen LogP contribution in [0.3, 0.4) is 0 Å². The Balaban J connectivity index is 1.71. The molecule has 0 spiro atoms. The van der Waals surface area contributed by atoms with E-state index in [4.69, 9.17) is 4.74 Å². The van der Waals surface area contributed by atoms with E-state index >= 15 is 0 Å². The molecule has 29 heavy (non-hydrogen) atoms. The van der Waals surface area contributed by atoms with Gasteiger partial charge in [0.1, 0.15) is 5.75 Å². The number of hydrogen-bond acceptors (Lipinski definition) is 5. The standard InChI is InChI=1S/C22H24N2O5/c1-15-22(27)24(13-12-16-6-4-3-5-7-16)18-9-8-17(14-19(18)29-15)23-20(25)10-11-21(26)28-2/h3-9,14-15H,10-13H2,1-2H3,(H,23,25). The van der Waals surface area contributed by atoms with Crippen molar-refractivity contribution in [1.82, 2.24) is 0 Å². The summed E-state index contributed by atoms with van der Waals surface area (Å²) < 4.78 is 10.3. The van der Waals surface area contributed by atoms with Gasteiger partial charge in [0.15, 0.2) is 6.10 Å². The summed E-state index contributed by atoms with van der Waals surface area (Å²) in [5, 5.41) is 2.74. The molecule has 1 N–H and O–H groups in total. The highest BCUT2D eigenvalue weighted by Gasteiger charge is 2.31. The summed E-state index contributed by atoms with van der Waals surface area (Å²) in [5.74, 6) is -0.286. The van der Waals surface area contributed by atoms with Gasteiger partial charge in [-0.2, -0.15) is 0 Å². The summed E-state index contributed by atoms with van der Waals surface area (Å²) in [6.07, 6.45) is 0.166. The quantitative estimate of drug-likeness (QED) is 0.728. The van der Waals surface area contributed by atoms with Crippen molar-refractivity contribution < 1.29 is 23.9 Å². The Kier molecular flexibility index (Phi) is 6.49. The van der Waals surface area contributed by atoms with E-state index in [-0.39, 0.29) is 24.7 Å². The molecular weight excluding hydrogens is 372 g/mol. The molecular formula is C22H24N2O5. The van der Waals surface area contributed by atoms with Crippen LogP contribution in [0.25, 0.3) is 0 Å². The first-order chi connectivity index (χ1) is 14.0. The molecule has 2 amide bonds. The normalized spacial score (nSPS) is 15.3. The number of fused-ring (bicyclic) bond motifs is 1. The maximum Gasteiger partial charge on any atom is 0.306 e. The minimum absolute atomic E-state index is 0.0164. The second-order valence-electron chi connectivity index (χ2n) is 6.79. The van der Waals surface area contributed by atoms with E-state index in [1.165, 1.54) is 7.11 Å². The zero-order valence-electron chi connectivity index (χ0n) is 16.5. The number of ether oxygens (including phenoxy) is 2. The summed E-state index contributed by atoms with van der Waals surface area (Å²) in [5.41, 5.74) is 2.37. The van der Waals surface area contributed by atoms with E-state index in [0.29, 0.717) is 23.7 Å². The second kappa shape index (κ2) is 9.23. The van der Waals surface area contributed by atoms with Crippen molar-refractivity contribution in [2.45, 2.75) is 32.3 Å². The molecule has 1 unspecified atom stereocenters. The van der Waals surface area contributed by atoms with Crippen molar-refractivity contribution in [2.24, 2.45) is 0 Å². The van der Waals surface area contributed by atoms with Crippen LogP contribution in [0.5, 0.6) is 5.75 Å². The van der Waals surface area contributed by atoms with E-state index in [2.05, 4.69) is 10.1 Å². The predicted molar refractivity (Wildman–Crippen MR) is 109 cm³/mol. The molecule has 0 aromatic heterocycles. The van der Waals surface area contributed by atoms with Crippen molar-refractivity contribution in [3.05, 3.63) is 54.1 Å². The highest BCUT2D eigenvalue weighted by molar-refractivity contribution is 6.00. The highest BCUT2D eigenvalue weighted by atomic mass is 16.5. The van der Waals surface area contributed by atoms with Crippen LogP contribution in [0.1, 0.15) is 25.3 Å². The Morgan fingerprint density at radius 2 is 1.90 bits per heavy atom. The van der Waals surface area contributed by atoms with Gasteiger partial charge < -0.3 is 19.7 Å². The number of carbonyl (C=O) groups excluding carboxylic acids is 3. The van der Waals surface area contributed by atoms with Crippen LogP contribution >= 0.6 is 0 Å². The third-order valence-corrected chi connectivity index (χ3v) is 4.70. The molecule has 0 bridgehead atoms. The van der Waals surface area contributed by atoms with Gasteiger partial charge in [0.25, 0.3) is 5.91 Å². The van der Waals surface area contributed by atoms with Crippen molar-refractivity contribution in [1.29, 1.82) is 0 Å². The maximum absolute atomic E-state index is 12.6. The molecule has 152 valence electrons. The fourth-order valence-corrected chi connectivity index (χ4v) is 3.15. The number of esters is 1. The number of carbonyl (C=O) groups is 3. The monoisotopic (exact) mass is 396 g/mol. The van der Waals surface area contributed by atoms with Gasteiger partial charge in [-0.3, -0.25) is 14.4 Å². The molecule has 1 aliphatic heterocycles. The summed E-state index contributed by atoms with van der Waals surface area (Å²) in [7, 11) is 1.28. The van der Waals surface area contributed by atoms with Gasteiger partial charge in [-0.25, -0.2) is 0 Å². The Bertz CT molecular complexity index is 897. The van der Waals surface area contributed by atoms with Crippen LogP contribution in [0, 0.1) is 0 Å². The molecule has 1 atom stereocenters. The molecule has 7 heteroatoms. The van der Waals surface area contributed by atoms with E-state index in [1.54, 1.807) is 30.0 Å². The maximum atomic E-state index is 12.6. The van der Waals surface area contributed by atoms with Gasteiger partial charge >= 0.3 is 5.97 Å². The predicted octanol–water partition coefficient (Wildman–Crippen LogP) is 2.93. The van der Waals surface area contributed by atoms with Crippen molar-refractivity contribution in [3.63, 3.8) is 0 Å². The third-order valence-electron chi connectivity index (χ3n) is 4.70. The molecule has 7 nitrogen and oxygen atoms in total. The molecule has 0 radical (unpaired) electrons. The van der Waals surface area contributed by atoms with Crippen molar-refractivity contribution >= 4 is 29.2 Å². The van der Waals surface area contributed by atoms with Crippen LogP contribution in [0.2, 0.25) is 0 Å². The number of nitrogens with zero attached hydrogens (tertiary/aromatic N) is 1. The molecule has 0 aliphatic carbocycles. The number of hydrogen-bond donors (Lipinski definition) is 1. The van der Waals surface area contributed by atoms with E-state index in [0.717, 1.165) is 12.0 Å². The molecule has 2 aromatic rings. The number of benzene rings is 2. The van der Waals surface area contributed by atoms with Crippen LogP contribution in [0.15, 0.2) is 48.5 Å². The van der Waals surface area contributed by atoms with Gasteiger partial charge in [0, 0.05) is 24.7 Å². The number of rotatable bonds is 7. The van der Waals surface area contributed by atoms with Crippen molar-refractivity contribution in [2.75, 3.05) is 23.9 Å². The fraction of sp³-hybridized carbons (Fsp3) is 0.318. The van der Waals surface area contributed by atoms with Gasteiger partial charge in [-0.05, 0) is 31.0 Å². The van der Waals surface area contributed by atoms with Gasteiger partial charge in [-0.15, -0.1) is 0 Å². The van der Waals surface area contributed by atoms with E-state index in [9.17, 15) is 14.4 Å². The molecule has 0 saturated heterocycles. The minimum atomic E-state index is -0.608. The number of anilines is 2. The van der Waals surface area contributed by atoms with Crippen LogP contribution in [-0.4, -0.2) is 37.5 Å². The molecule has 3 rings (SSSR count). The van der Waals surface area contributed by atoms with E-state index in [1.807, 2.05) is 30.3 Å². The Morgan fingerprint density at radius 1 is 1.14 bits per heavy atom. The van der Waals surface area contributed by atoms with Crippen molar-refractivity contribution in [3.8, 4) is 5.75 Å². The lowest BCUT2D eigenvalue weighted by molar-refractivity contribution is -0.141. The fourth-order valence-electron chi connectivity index (χ4n) is 3.15. The summed E-state index contributed by atoms with van der Waals surface area (Å²) in [6.45, 7) is 2.25. The van der Waals surface area contributed by atoms with Crippen LogP contribution < -0.4 is 15.0 Å². The molecule has 2 aromatic carbocycles. The lowest BCUT2D eigenvalue weighted by atomic mass is 10.1. The SMILES string of the molecule is COC(=O)CCC(=O)Nc1ccc2c(c1)OC(C)C(=O)N2CCc1ccccc1. The van der Waals surface area contributed by atoms with Crippen LogP contribution in [-0.2, 0) is 25.5 Å². The Morgan fingerprint density at radius 3 is 2.62 bits per heavy atom. The van der Waals surface area contributed by atoms with Gasteiger partial charge in [0.05, 0.1) is 19.2 Å². The average Bonchev–Trinajstić information content (AvgIpc) is 2.73. The average molecular weight is 396 g/mol. The first-order valence-electron chi connectivity index (χ1n) is 9.50. The van der Waals surface area contributed by atoms with Crippen LogP contribution in [0.4, 0.5) is 11.4 Å².